The molecule has 1 amide bonds. The summed E-state index contributed by atoms with van der Waals surface area (Å²) >= 11 is 1.31. The molecule has 0 saturated heterocycles. The summed E-state index contributed by atoms with van der Waals surface area (Å²) in [7, 11) is 1.56. The van der Waals surface area contributed by atoms with Crippen molar-refractivity contribution >= 4 is 39.8 Å². The standard InChI is InChI=1S/C30H28N4O4S/c1-19-9-10-20(2)25(15-19)38-14-13-37-24-12-11-22(17-26(24)36-3)16-23-28(31)34-30(32-29(23)35)39-27(33-34)18-21-7-5-4-6-8-21/h4-12,15-17,31H,13-14,18H2,1-3H3/b23-16-,31-28?. The number of hydrazone groups is 1. The molecule has 1 N–H and O–H groups in total. The second kappa shape index (κ2) is 11.6. The molecule has 9 heteroatoms. The number of nitrogens with zero attached hydrogens (tertiary/aromatic N) is 3. The molecule has 0 saturated carbocycles. The lowest BCUT2D eigenvalue weighted by molar-refractivity contribution is -0.114. The second-order valence-electron chi connectivity index (χ2n) is 9.05. The number of ether oxygens (including phenoxy) is 3. The highest BCUT2D eigenvalue weighted by molar-refractivity contribution is 8.26. The average Bonchev–Trinajstić information content (AvgIpc) is 3.34. The van der Waals surface area contributed by atoms with Gasteiger partial charge in [0.25, 0.3) is 5.91 Å². The molecule has 2 aliphatic rings. The molecular weight excluding hydrogens is 512 g/mol. The van der Waals surface area contributed by atoms with Crippen molar-refractivity contribution in [3.63, 3.8) is 0 Å². The number of carbonyl (C=O) groups is 1. The zero-order valence-electron chi connectivity index (χ0n) is 21.9. The molecule has 2 aliphatic heterocycles. The number of benzene rings is 3. The first-order valence-electron chi connectivity index (χ1n) is 12.4. The van der Waals surface area contributed by atoms with Crippen LogP contribution in [0.25, 0.3) is 6.08 Å². The van der Waals surface area contributed by atoms with Crippen molar-refractivity contribution in [1.82, 2.24) is 5.01 Å². The first-order valence-corrected chi connectivity index (χ1v) is 13.3. The molecule has 3 aromatic carbocycles. The van der Waals surface area contributed by atoms with Gasteiger partial charge in [-0.25, -0.2) is 0 Å². The van der Waals surface area contributed by atoms with Gasteiger partial charge in [-0.05, 0) is 72.1 Å². The van der Waals surface area contributed by atoms with Gasteiger partial charge in [0, 0.05) is 6.42 Å². The molecule has 0 aromatic heterocycles. The lowest BCUT2D eigenvalue weighted by Crippen LogP contribution is -2.35. The van der Waals surface area contributed by atoms with Crippen LogP contribution in [0, 0.1) is 19.3 Å². The number of aliphatic imine (C=N–C) groups is 1. The smallest absolute Gasteiger partial charge is 0.283 e. The van der Waals surface area contributed by atoms with Crippen LogP contribution >= 0.6 is 11.8 Å². The summed E-state index contributed by atoms with van der Waals surface area (Å²) in [6.07, 6.45) is 2.23. The van der Waals surface area contributed by atoms with E-state index in [4.69, 9.17) is 19.6 Å². The number of rotatable bonds is 9. The highest BCUT2D eigenvalue weighted by Crippen LogP contribution is 2.32. The number of methoxy groups -OCH3 is 1. The van der Waals surface area contributed by atoms with E-state index in [2.05, 4.69) is 16.2 Å². The number of thioether (sulfide) groups is 1. The number of nitrogens with one attached hydrogen (secondary N) is 1. The van der Waals surface area contributed by atoms with Crippen LogP contribution in [-0.2, 0) is 11.2 Å². The predicted molar refractivity (Wildman–Crippen MR) is 155 cm³/mol. The van der Waals surface area contributed by atoms with Gasteiger partial charge >= 0.3 is 0 Å². The van der Waals surface area contributed by atoms with Gasteiger partial charge in [-0.1, -0.05) is 48.5 Å². The number of amides is 1. The summed E-state index contributed by atoms with van der Waals surface area (Å²) < 4.78 is 17.3. The molecule has 198 valence electrons. The Hall–Kier alpha value is -4.37. The van der Waals surface area contributed by atoms with Crippen LogP contribution in [-0.4, -0.2) is 47.3 Å². The van der Waals surface area contributed by atoms with Gasteiger partial charge in [0.15, 0.2) is 17.3 Å². The van der Waals surface area contributed by atoms with Crippen LogP contribution in [0.5, 0.6) is 17.2 Å². The Kier molecular flexibility index (Phi) is 7.79. The lowest BCUT2D eigenvalue weighted by Gasteiger charge is -2.20. The normalized spacial score (nSPS) is 15.7. The summed E-state index contributed by atoms with van der Waals surface area (Å²) in [6.45, 7) is 4.75. The van der Waals surface area contributed by atoms with Crippen molar-refractivity contribution in [3.05, 3.63) is 94.6 Å². The zero-order chi connectivity index (χ0) is 27.4. The summed E-state index contributed by atoms with van der Waals surface area (Å²) in [6, 6.07) is 21.4. The Bertz CT molecular complexity index is 1510. The van der Waals surface area contributed by atoms with E-state index in [0.29, 0.717) is 41.9 Å². The van der Waals surface area contributed by atoms with Crippen LogP contribution in [0.3, 0.4) is 0 Å². The number of fused-ring (bicyclic) bond motifs is 1. The first-order chi connectivity index (χ1) is 18.9. The van der Waals surface area contributed by atoms with Crippen LogP contribution in [0.2, 0.25) is 0 Å². The van der Waals surface area contributed by atoms with E-state index in [1.165, 1.54) is 16.8 Å². The Labute approximate surface area is 231 Å². The molecule has 0 bridgehead atoms. The van der Waals surface area contributed by atoms with Crippen molar-refractivity contribution in [2.75, 3.05) is 20.3 Å². The lowest BCUT2D eigenvalue weighted by atomic mass is 10.1. The number of hydrogen-bond acceptors (Lipinski definition) is 7. The summed E-state index contributed by atoms with van der Waals surface area (Å²) in [4.78, 5) is 17.0. The largest absolute Gasteiger partial charge is 0.493 e. The van der Waals surface area contributed by atoms with Gasteiger partial charge in [0.05, 0.1) is 12.7 Å². The molecule has 0 unspecified atom stereocenters. The minimum absolute atomic E-state index is 0.0107. The molecule has 8 nitrogen and oxygen atoms in total. The van der Waals surface area contributed by atoms with Crippen molar-refractivity contribution in [2.24, 2.45) is 10.1 Å². The third-order valence-electron chi connectivity index (χ3n) is 6.14. The predicted octanol–water partition coefficient (Wildman–Crippen LogP) is 5.63. The first kappa shape index (κ1) is 26.2. The molecule has 5 rings (SSSR count). The van der Waals surface area contributed by atoms with Crippen LogP contribution in [0.15, 0.2) is 82.4 Å². The maximum Gasteiger partial charge on any atom is 0.283 e. The fourth-order valence-electron chi connectivity index (χ4n) is 4.10. The SMILES string of the molecule is COc1cc(/C=C2/C(=N)N3N=C(Cc4ccccc4)SC3=NC2=O)ccc1OCCOc1cc(C)ccc1C. The third-order valence-corrected chi connectivity index (χ3v) is 7.04. The third kappa shape index (κ3) is 6.04. The Morgan fingerprint density at radius 2 is 1.72 bits per heavy atom. The van der Waals surface area contributed by atoms with Crippen LogP contribution in [0.1, 0.15) is 22.3 Å². The molecule has 0 fully saturated rings. The quantitative estimate of drug-likeness (QED) is 0.279. The Balaban J connectivity index is 1.26. The Morgan fingerprint density at radius 3 is 2.49 bits per heavy atom. The van der Waals surface area contributed by atoms with Gasteiger partial charge in [-0.15, -0.1) is 0 Å². The molecule has 3 aromatic rings. The average molecular weight is 541 g/mol. The highest BCUT2D eigenvalue weighted by atomic mass is 32.2. The topological polar surface area (TPSA) is 96.6 Å². The molecule has 0 atom stereocenters. The molecule has 0 spiro atoms. The van der Waals surface area contributed by atoms with E-state index in [9.17, 15) is 4.79 Å². The van der Waals surface area contributed by atoms with Crippen LogP contribution in [0.4, 0.5) is 0 Å². The van der Waals surface area contributed by atoms with Gasteiger partial charge < -0.3 is 14.2 Å². The fourth-order valence-corrected chi connectivity index (χ4v) is 5.02. The van der Waals surface area contributed by atoms with Gasteiger partial charge in [0.1, 0.15) is 24.0 Å². The van der Waals surface area contributed by atoms with E-state index < -0.39 is 5.91 Å². The van der Waals surface area contributed by atoms with Gasteiger partial charge in [-0.3, -0.25) is 10.2 Å². The fraction of sp³-hybridized carbons (Fsp3) is 0.200. The maximum absolute atomic E-state index is 12.8. The minimum Gasteiger partial charge on any atom is -0.493 e. The van der Waals surface area contributed by atoms with E-state index in [-0.39, 0.29) is 11.4 Å². The number of hydrogen-bond donors (Lipinski definition) is 1. The van der Waals surface area contributed by atoms with Gasteiger partial charge in [-0.2, -0.15) is 15.1 Å². The van der Waals surface area contributed by atoms with Crippen molar-refractivity contribution < 1.29 is 19.0 Å². The molecule has 0 radical (unpaired) electrons. The highest BCUT2D eigenvalue weighted by Gasteiger charge is 2.35. The van der Waals surface area contributed by atoms with Crippen molar-refractivity contribution in [2.45, 2.75) is 20.3 Å². The second-order valence-corrected chi connectivity index (χ2v) is 10.1. The number of aryl methyl sites for hydroxylation is 2. The maximum atomic E-state index is 12.8. The number of amidine groups is 2. The molecular formula is C30H28N4O4S. The summed E-state index contributed by atoms with van der Waals surface area (Å²) in [5.74, 6) is 1.42. The molecule has 39 heavy (non-hydrogen) atoms. The summed E-state index contributed by atoms with van der Waals surface area (Å²) in [5.41, 5.74) is 4.14. The minimum atomic E-state index is -0.474. The Morgan fingerprint density at radius 1 is 0.949 bits per heavy atom. The van der Waals surface area contributed by atoms with E-state index in [0.717, 1.165) is 27.5 Å². The van der Waals surface area contributed by atoms with Crippen LogP contribution < -0.4 is 14.2 Å². The van der Waals surface area contributed by atoms with Gasteiger partial charge in [0.2, 0.25) is 5.17 Å². The van der Waals surface area contributed by atoms with Crippen molar-refractivity contribution in [1.29, 1.82) is 5.41 Å². The summed E-state index contributed by atoms with van der Waals surface area (Å²) in [5, 5.41) is 15.8. The van der Waals surface area contributed by atoms with E-state index in [1.54, 1.807) is 31.4 Å². The number of carbonyl (C=O) groups excluding carboxylic acids is 1. The zero-order valence-corrected chi connectivity index (χ0v) is 22.7. The monoisotopic (exact) mass is 540 g/mol. The molecule has 0 aliphatic carbocycles. The van der Waals surface area contributed by atoms with Crippen molar-refractivity contribution in [3.8, 4) is 17.2 Å². The van der Waals surface area contributed by atoms with E-state index in [1.807, 2.05) is 56.3 Å². The van der Waals surface area contributed by atoms with E-state index >= 15 is 0 Å². The molecule has 2 heterocycles.